The van der Waals surface area contributed by atoms with Crippen molar-refractivity contribution in [2.45, 2.75) is 51.7 Å². The molecular weight excluding hydrogens is 252 g/mol. The van der Waals surface area contributed by atoms with Gasteiger partial charge in [0, 0.05) is 31.2 Å². The molecule has 2 aliphatic rings. The van der Waals surface area contributed by atoms with Crippen LogP contribution >= 0.6 is 11.3 Å². The molecule has 0 radical (unpaired) electrons. The molecule has 1 aliphatic heterocycles. The number of piperazine rings is 1. The lowest BCUT2D eigenvalue weighted by atomic mass is 9.87. The van der Waals surface area contributed by atoms with Gasteiger partial charge < -0.3 is 5.32 Å². The van der Waals surface area contributed by atoms with Crippen molar-refractivity contribution in [1.82, 2.24) is 10.2 Å². The second-order valence-electron chi connectivity index (χ2n) is 6.87. The molecule has 0 aromatic carbocycles. The average Bonchev–Trinajstić information content (AvgIpc) is 3.12. The highest BCUT2D eigenvalue weighted by atomic mass is 32.1. The van der Waals surface area contributed by atoms with Gasteiger partial charge in [-0.1, -0.05) is 13.8 Å². The zero-order valence-electron chi connectivity index (χ0n) is 12.4. The van der Waals surface area contributed by atoms with Gasteiger partial charge in [0.1, 0.15) is 0 Å². The van der Waals surface area contributed by atoms with E-state index in [2.05, 4.69) is 47.8 Å². The van der Waals surface area contributed by atoms with E-state index in [-0.39, 0.29) is 0 Å². The van der Waals surface area contributed by atoms with E-state index in [1.54, 1.807) is 0 Å². The summed E-state index contributed by atoms with van der Waals surface area (Å²) in [6, 6.07) is 2.93. The van der Waals surface area contributed by atoms with Crippen LogP contribution in [-0.2, 0) is 6.54 Å². The highest BCUT2D eigenvalue weighted by Gasteiger charge is 2.48. The molecule has 0 bridgehead atoms. The highest BCUT2D eigenvalue weighted by molar-refractivity contribution is 7.07. The lowest BCUT2D eigenvalue weighted by Gasteiger charge is -2.49. The third-order valence-corrected chi connectivity index (χ3v) is 5.81. The fourth-order valence-electron chi connectivity index (χ4n) is 3.36. The van der Waals surface area contributed by atoms with Gasteiger partial charge in [0.25, 0.3) is 0 Å². The van der Waals surface area contributed by atoms with Crippen LogP contribution in [-0.4, -0.2) is 29.6 Å². The molecule has 1 aliphatic carbocycles. The minimum absolute atomic E-state index is 0.368. The Bertz CT molecular complexity index is 410. The van der Waals surface area contributed by atoms with Gasteiger partial charge in [0.05, 0.1) is 0 Å². The molecule has 2 heterocycles. The highest BCUT2D eigenvalue weighted by Crippen LogP contribution is 2.44. The first-order valence-electron chi connectivity index (χ1n) is 7.59. The van der Waals surface area contributed by atoms with E-state index in [1.807, 2.05) is 11.3 Å². The van der Waals surface area contributed by atoms with Gasteiger partial charge in [-0.05, 0) is 54.0 Å². The largest absolute Gasteiger partial charge is 0.311 e. The molecule has 1 saturated carbocycles. The quantitative estimate of drug-likeness (QED) is 0.908. The molecule has 19 heavy (non-hydrogen) atoms. The minimum atomic E-state index is 0.368. The van der Waals surface area contributed by atoms with E-state index in [4.69, 9.17) is 0 Å². The predicted octanol–water partition coefficient (Wildman–Crippen LogP) is 3.35. The Morgan fingerprint density at radius 1 is 1.47 bits per heavy atom. The van der Waals surface area contributed by atoms with Crippen molar-refractivity contribution in [2.24, 2.45) is 11.8 Å². The number of hydrogen-bond acceptors (Lipinski definition) is 3. The van der Waals surface area contributed by atoms with Gasteiger partial charge in [-0.15, -0.1) is 0 Å². The first-order valence-corrected chi connectivity index (χ1v) is 8.53. The topological polar surface area (TPSA) is 15.3 Å². The van der Waals surface area contributed by atoms with Crippen molar-refractivity contribution in [2.75, 3.05) is 13.1 Å². The maximum atomic E-state index is 3.80. The molecule has 0 amide bonds. The molecule has 2 atom stereocenters. The number of nitrogens with zero attached hydrogens (tertiary/aromatic N) is 1. The van der Waals surface area contributed by atoms with Crippen molar-refractivity contribution in [3.05, 3.63) is 22.4 Å². The summed E-state index contributed by atoms with van der Waals surface area (Å²) in [4.78, 5) is 2.76. The zero-order chi connectivity index (χ0) is 13.5. The summed E-state index contributed by atoms with van der Waals surface area (Å²) >= 11 is 1.82. The standard InChI is InChI=1S/C16H26N2S/c1-12(2)15-9-18(8-13-6-7-19-10-13)16(3,11-17-15)14-4-5-14/h6-7,10,12,14-15,17H,4-5,8-9,11H2,1-3H3. The maximum absolute atomic E-state index is 3.80. The molecule has 0 spiro atoms. The van der Waals surface area contributed by atoms with Crippen LogP contribution in [0.3, 0.4) is 0 Å². The molecular formula is C16H26N2S. The van der Waals surface area contributed by atoms with Crippen molar-refractivity contribution < 1.29 is 0 Å². The van der Waals surface area contributed by atoms with Crippen LogP contribution in [0, 0.1) is 11.8 Å². The normalized spacial score (nSPS) is 32.9. The fourth-order valence-corrected chi connectivity index (χ4v) is 4.02. The molecule has 1 saturated heterocycles. The van der Waals surface area contributed by atoms with Crippen LogP contribution < -0.4 is 5.32 Å². The predicted molar refractivity (Wildman–Crippen MR) is 82.5 cm³/mol. The van der Waals surface area contributed by atoms with Gasteiger partial charge >= 0.3 is 0 Å². The van der Waals surface area contributed by atoms with Crippen LogP contribution in [0.4, 0.5) is 0 Å². The smallest absolute Gasteiger partial charge is 0.0338 e. The van der Waals surface area contributed by atoms with E-state index in [1.165, 1.54) is 24.9 Å². The van der Waals surface area contributed by atoms with Crippen molar-refractivity contribution in [1.29, 1.82) is 0 Å². The first-order chi connectivity index (χ1) is 9.09. The fraction of sp³-hybridized carbons (Fsp3) is 0.750. The molecule has 1 N–H and O–H groups in total. The van der Waals surface area contributed by atoms with E-state index in [0.29, 0.717) is 17.5 Å². The lowest BCUT2D eigenvalue weighted by Crippen LogP contribution is -2.65. The molecule has 2 nitrogen and oxygen atoms in total. The van der Waals surface area contributed by atoms with Gasteiger partial charge in [-0.3, -0.25) is 4.90 Å². The van der Waals surface area contributed by atoms with Gasteiger partial charge in [0.15, 0.2) is 0 Å². The van der Waals surface area contributed by atoms with Crippen LogP contribution in [0.25, 0.3) is 0 Å². The van der Waals surface area contributed by atoms with Crippen LogP contribution in [0.5, 0.6) is 0 Å². The van der Waals surface area contributed by atoms with Crippen LogP contribution in [0.15, 0.2) is 16.8 Å². The summed E-state index contributed by atoms with van der Waals surface area (Å²) in [6.45, 7) is 10.6. The Morgan fingerprint density at radius 3 is 2.84 bits per heavy atom. The average molecular weight is 278 g/mol. The summed E-state index contributed by atoms with van der Waals surface area (Å²) in [7, 11) is 0. The summed E-state index contributed by atoms with van der Waals surface area (Å²) in [5.41, 5.74) is 1.86. The molecule has 1 aromatic rings. The van der Waals surface area contributed by atoms with E-state index >= 15 is 0 Å². The Labute approximate surface area is 121 Å². The number of rotatable bonds is 4. The van der Waals surface area contributed by atoms with E-state index in [0.717, 1.165) is 19.0 Å². The van der Waals surface area contributed by atoms with Gasteiger partial charge in [0.2, 0.25) is 0 Å². The minimum Gasteiger partial charge on any atom is -0.311 e. The summed E-state index contributed by atoms with van der Waals surface area (Å²) < 4.78 is 0. The molecule has 106 valence electrons. The second kappa shape index (κ2) is 5.19. The van der Waals surface area contributed by atoms with E-state index < -0.39 is 0 Å². The second-order valence-corrected chi connectivity index (χ2v) is 7.66. The molecule has 2 unspecified atom stereocenters. The van der Waals surface area contributed by atoms with E-state index in [9.17, 15) is 0 Å². The molecule has 2 fully saturated rings. The molecule has 3 rings (SSSR count). The Kier molecular flexibility index (Phi) is 3.71. The first kappa shape index (κ1) is 13.6. The zero-order valence-corrected chi connectivity index (χ0v) is 13.2. The monoisotopic (exact) mass is 278 g/mol. The van der Waals surface area contributed by atoms with Crippen LogP contribution in [0.2, 0.25) is 0 Å². The van der Waals surface area contributed by atoms with Crippen molar-refractivity contribution in [3.8, 4) is 0 Å². The van der Waals surface area contributed by atoms with Crippen molar-refractivity contribution >= 4 is 11.3 Å². The summed E-state index contributed by atoms with van der Waals surface area (Å²) in [5, 5.41) is 8.31. The Balaban J connectivity index is 1.76. The number of hydrogen-bond donors (Lipinski definition) is 1. The third-order valence-electron chi connectivity index (χ3n) is 5.08. The molecule has 1 aromatic heterocycles. The Morgan fingerprint density at radius 2 is 2.26 bits per heavy atom. The summed E-state index contributed by atoms with van der Waals surface area (Å²) in [5.74, 6) is 1.63. The number of thiophene rings is 1. The van der Waals surface area contributed by atoms with Crippen LogP contribution in [0.1, 0.15) is 39.2 Å². The van der Waals surface area contributed by atoms with Gasteiger partial charge in [-0.25, -0.2) is 0 Å². The van der Waals surface area contributed by atoms with Crippen molar-refractivity contribution in [3.63, 3.8) is 0 Å². The lowest BCUT2D eigenvalue weighted by molar-refractivity contribution is 0.0187. The molecule has 3 heteroatoms. The maximum Gasteiger partial charge on any atom is 0.0338 e. The number of nitrogens with one attached hydrogen (secondary N) is 1. The Hall–Kier alpha value is -0.380. The summed E-state index contributed by atoms with van der Waals surface area (Å²) in [6.07, 6.45) is 2.84. The third kappa shape index (κ3) is 2.74. The van der Waals surface area contributed by atoms with Gasteiger partial charge in [-0.2, -0.15) is 11.3 Å². The SMILES string of the molecule is CC(C)C1CN(Cc2ccsc2)C(C)(C2CC2)CN1.